The van der Waals surface area contributed by atoms with E-state index in [1.807, 2.05) is 7.05 Å². The van der Waals surface area contributed by atoms with Crippen molar-refractivity contribution in [3.05, 3.63) is 29.8 Å². The fourth-order valence-corrected chi connectivity index (χ4v) is 1.98. The van der Waals surface area contributed by atoms with Crippen LogP contribution in [0.25, 0.3) is 0 Å². The summed E-state index contributed by atoms with van der Waals surface area (Å²) in [6, 6.07) is 3.11. The summed E-state index contributed by atoms with van der Waals surface area (Å²) >= 11 is 0. The minimum absolute atomic E-state index is 0.0150. The zero-order chi connectivity index (χ0) is 11.3. The number of pyridine rings is 1. The van der Waals surface area contributed by atoms with E-state index in [2.05, 4.69) is 24.1 Å². The number of halogens is 1. The molecule has 0 saturated heterocycles. The molecule has 0 fully saturated rings. The summed E-state index contributed by atoms with van der Waals surface area (Å²) in [6.07, 6.45) is 3.70. The minimum atomic E-state index is -0.219. The van der Waals surface area contributed by atoms with Gasteiger partial charge in [-0.05, 0) is 25.1 Å². The Hall–Kier alpha value is -0.960. The first-order valence-electron chi connectivity index (χ1n) is 5.52. The first-order valence-corrected chi connectivity index (χ1v) is 5.52. The predicted molar refractivity (Wildman–Crippen MR) is 60.1 cm³/mol. The van der Waals surface area contributed by atoms with Crippen molar-refractivity contribution >= 4 is 0 Å². The summed E-state index contributed by atoms with van der Waals surface area (Å²) in [5.74, 6) is 0.211. The molecular formula is C12H19FN2. The molecule has 0 saturated carbocycles. The Labute approximate surface area is 90.9 Å². The molecule has 1 heterocycles. The Morgan fingerprint density at radius 2 is 2.07 bits per heavy atom. The normalized spacial score (nSPS) is 13.1. The van der Waals surface area contributed by atoms with Crippen LogP contribution in [0.4, 0.5) is 4.39 Å². The van der Waals surface area contributed by atoms with E-state index in [0.29, 0.717) is 11.6 Å². The summed E-state index contributed by atoms with van der Waals surface area (Å²) in [5, 5.41) is 3.16. The van der Waals surface area contributed by atoms with Gasteiger partial charge in [0.25, 0.3) is 0 Å². The van der Waals surface area contributed by atoms with Crippen molar-refractivity contribution in [1.82, 2.24) is 10.3 Å². The van der Waals surface area contributed by atoms with Gasteiger partial charge in [0.05, 0.1) is 11.7 Å². The number of hydrogen-bond acceptors (Lipinski definition) is 2. The molecule has 1 aromatic heterocycles. The van der Waals surface area contributed by atoms with E-state index < -0.39 is 0 Å². The Morgan fingerprint density at radius 3 is 2.53 bits per heavy atom. The molecule has 0 amide bonds. The van der Waals surface area contributed by atoms with E-state index in [-0.39, 0.29) is 11.9 Å². The highest BCUT2D eigenvalue weighted by atomic mass is 19.1. The highest BCUT2D eigenvalue weighted by Crippen LogP contribution is 2.26. The SMILES string of the molecule is CCC(CC)C(NC)c1ncccc1F. The molecule has 1 rings (SSSR count). The number of nitrogens with one attached hydrogen (secondary N) is 1. The van der Waals surface area contributed by atoms with Gasteiger partial charge >= 0.3 is 0 Å². The first kappa shape index (κ1) is 12.1. The van der Waals surface area contributed by atoms with Gasteiger partial charge < -0.3 is 5.32 Å². The van der Waals surface area contributed by atoms with Crippen molar-refractivity contribution in [2.75, 3.05) is 7.05 Å². The maximum atomic E-state index is 13.6. The molecule has 0 aliphatic carbocycles. The monoisotopic (exact) mass is 210 g/mol. The van der Waals surface area contributed by atoms with Gasteiger partial charge in [0.1, 0.15) is 5.82 Å². The van der Waals surface area contributed by atoms with Crippen molar-refractivity contribution in [3.63, 3.8) is 0 Å². The van der Waals surface area contributed by atoms with Crippen molar-refractivity contribution in [3.8, 4) is 0 Å². The van der Waals surface area contributed by atoms with Gasteiger partial charge in [0.2, 0.25) is 0 Å². The number of nitrogens with zero attached hydrogens (tertiary/aromatic N) is 1. The molecule has 0 bridgehead atoms. The van der Waals surface area contributed by atoms with E-state index in [9.17, 15) is 4.39 Å². The van der Waals surface area contributed by atoms with Crippen LogP contribution in [-0.2, 0) is 0 Å². The second-order valence-corrected chi connectivity index (χ2v) is 3.71. The molecule has 15 heavy (non-hydrogen) atoms. The van der Waals surface area contributed by atoms with Crippen LogP contribution in [-0.4, -0.2) is 12.0 Å². The van der Waals surface area contributed by atoms with Crippen LogP contribution in [0.15, 0.2) is 18.3 Å². The van der Waals surface area contributed by atoms with Crippen LogP contribution in [0.1, 0.15) is 38.4 Å². The lowest BCUT2D eigenvalue weighted by molar-refractivity contribution is 0.342. The van der Waals surface area contributed by atoms with Crippen molar-refractivity contribution in [2.24, 2.45) is 5.92 Å². The lowest BCUT2D eigenvalue weighted by Crippen LogP contribution is -2.26. The molecule has 1 aromatic rings. The van der Waals surface area contributed by atoms with Crippen molar-refractivity contribution in [1.29, 1.82) is 0 Å². The Balaban J connectivity index is 2.96. The standard InChI is InChI=1S/C12H19FN2/c1-4-9(5-2)11(14-3)12-10(13)7-6-8-15-12/h6-9,11,14H,4-5H2,1-3H3. The zero-order valence-electron chi connectivity index (χ0n) is 9.63. The van der Waals surface area contributed by atoms with Crippen molar-refractivity contribution < 1.29 is 4.39 Å². The summed E-state index contributed by atoms with van der Waals surface area (Å²) in [5.41, 5.74) is 0.536. The summed E-state index contributed by atoms with van der Waals surface area (Å²) in [6.45, 7) is 4.25. The summed E-state index contributed by atoms with van der Waals surface area (Å²) < 4.78 is 13.6. The van der Waals surface area contributed by atoms with Crippen LogP contribution < -0.4 is 5.32 Å². The van der Waals surface area contributed by atoms with Gasteiger partial charge in [-0.25, -0.2) is 4.39 Å². The zero-order valence-corrected chi connectivity index (χ0v) is 9.63. The predicted octanol–water partition coefficient (Wildman–Crippen LogP) is 2.92. The molecule has 84 valence electrons. The largest absolute Gasteiger partial charge is 0.311 e. The van der Waals surface area contributed by atoms with E-state index in [1.54, 1.807) is 12.3 Å². The van der Waals surface area contributed by atoms with Gasteiger partial charge in [-0.1, -0.05) is 26.7 Å². The number of aromatic nitrogens is 1. The maximum Gasteiger partial charge on any atom is 0.146 e. The van der Waals surface area contributed by atoms with Crippen LogP contribution in [0.5, 0.6) is 0 Å². The first-order chi connectivity index (χ1) is 7.24. The summed E-state index contributed by atoms with van der Waals surface area (Å²) in [4.78, 5) is 4.13. The van der Waals surface area contributed by atoms with Gasteiger partial charge in [0, 0.05) is 6.20 Å². The Kier molecular flexibility index (Phi) is 4.69. The highest BCUT2D eigenvalue weighted by molar-refractivity contribution is 5.12. The average molecular weight is 210 g/mol. The van der Waals surface area contributed by atoms with Crippen LogP contribution in [0, 0.1) is 11.7 Å². The molecule has 1 unspecified atom stereocenters. The fourth-order valence-electron chi connectivity index (χ4n) is 1.98. The fraction of sp³-hybridized carbons (Fsp3) is 0.583. The molecule has 1 atom stereocenters. The second kappa shape index (κ2) is 5.81. The smallest absolute Gasteiger partial charge is 0.146 e. The molecule has 1 N–H and O–H groups in total. The van der Waals surface area contributed by atoms with Gasteiger partial charge in [-0.2, -0.15) is 0 Å². The minimum Gasteiger partial charge on any atom is -0.311 e. The third kappa shape index (κ3) is 2.75. The van der Waals surface area contributed by atoms with E-state index >= 15 is 0 Å². The highest BCUT2D eigenvalue weighted by Gasteiger charge is 2.22. The van der Waals surface area contributed by atoms with Gasteiger partial charge in [-0.15, -0.1) is 0 Å². The van der Waals surface area contributed by atoms with E-state index in [0.717, 1.165) is 12.8 Å². The second-order valence-electron chi connectivity index (χ2n) is 3.71. The maximum absolute atomic E-state index is 13.6. The molecule has 0 aliphatic heterocycles. The van der Waals surface area contributed by atoms with Crippen LogP contribution in [0.3, 0.4) is 0 Å². The Bertz CT molecular complexity index is 297. The van der Waals surface area contributed by atoms with Gasteiger partial charge in [-0.3, -0.25) is 4.98 Å². The van der Waals surface area contributed by atoms with Crippen LogP contribution in [0.2, 0.25) is 0 Å². The molecule has 2 nitrogen and oxygen atoms in total. The molecule has 0 spiro atoms. The Morgan fingerprint density at radius 1 is 1.40 bits per heavy atom. The van der Waals surface area contributed by atoms with E-state index in [4.69, 9.17) is 0 Å². The molecule has 0 aromatic carbocycles. The quantitative estimate of drug-likeness (QED) is 0.808. The van der Waals surface area contributed by atoms with E-state index in [1.165, 1.54) is 6.07 Å². The average Bonchev–Trinajstić information content (AvgIpc) is 2.27. The molecule has 0 aliphatic rings. The van der Waals surface area contributed by atoms with Crippen LogP contribution >= 0.6 is 0 Å². The third-order valence-electron chi connectivity index (χ3n) is 2.91. The molecular weight excluding hydrogens is 191 g/mol. The lowest BCUT2D eigenvalue weighted by atomic mass is 9.91. The van der Waals surface area contributed by atoms with Gasteiger partial charge in [0.15, 0.2) is 0 Å². The molecule has 3 heteroatoms. The topological polar surface area (TPSA) is 24.9 Å². The lowest BCUT2D eigenvalue weighted by Gasteiger charge is -2.24. The number of rotatable bonds is 5. The van der Waals surface area contributed by atoms with Crippen molar-refractivity contribution in [2.45, 2.75) is 32.7 Å². The number of hydrogen-bond donors (Lipinski definition) is 1. The third-order valence-corrected chi connectivity index (χ3v) is 2.91. The summed E-state index contributed by atoms with van der Waals surface area (Å²) in [7, 11) is 1.86. The molecule has 0 radical (unpaired) electrons.